The molecule has 1 atom stereocenters. The van der Waals surface area contributed by atoms with Gasteiger partial charge in [-0.2, -0.15) is 0 Å². The molecule has 0 spiro atoms. The number of rotatable bonds is 6. The molecule has 1 aromatic carbocycles. The highest BCUT2D eigenvalue weighted by atomic mass is 32.2. The van der Waals surface area contributed by atoms with Crippen molar-refractivity contribution in [2.24, 2.45) is 0 Å². The molecule has 0 saturated carbocycles. The molecular weight excluding hydrogens is 291 g/mol. The number of H-pyrrole nitrogens is 1. The van der Waals surface area contributed by atoms with Crippen molar-refractivity contribution < 1.29 is 9.18 Å². The molecule has 7 heteroatoms. The first-order valence-corrected chi connectivity index (χ1v) is 7.68. The number of hydrogen-bond donors (Lipinski definition) is 2. The van der Waals surface area contributed by atoms with Crippen LogP contribution in [0.4, 0.5) is 4.39 Å². The molecule has 0 aliphatic rings. The van der Waals surface area contributed by atoms with Crippen LogP contribution in [0.1, 0.15) is 20.3 Å². The second kappa shape index (κ2) is 7.21. The molecule has 0 unspecified atom stereocenters. The Balaban J connectivity index is 1.95. The van der Waals surface area contributed by atoms with Gasteiger partial charge in [0.15, 0.2) is 5.82 Å². The average Bonchev–Trinajstić information content (AvgIpc) is 2.94. The lowest BCUT2D eigenvalue weighted by Crippen LogP contribution is -2.33. The summed E-state index contributed by atoms with van der Waals surface area (Å²) in [5.74, 6) is 0.170. The molecule has 0 aliphatic heterocycles. The van der Waals surface area contributed by atoms with Gasteiger partial charge in [-0.3, -0.25) is 9.89 Å². The van der Waals surface area contributed by atoms with E-state index in [1.807, 2.05) is 13.8 Å². The SMILES string of the molecule is CC[C@@H](C)NC(=O)CSc1n[nH]c(-c2ccccc2F)n1. The predicted octanol–water partition coefficient (Wildman–Crippen LogP) is 2.62. The number of amides is 1. The zero-order valence-electron chi connectivity index (χ0n) is 11.9. The maximum atomic E-state index is 13.6. The number of hydrogen-bond acceptors (Lipinski definition) is 4. The predicted molar refractivity (Wildman–Crippen MR) is 80.4 cm³/mol. The van der Waals surface area contributed by atoms with Crippen molar-refractivity contribution in [2.45, 2.75) is 31.5 Å². The highest BCUT2D eigenvalue weighted by molar-refractivity contribution is 7.99. The molecule has 1 amide bonds. The summed E-state index contributed by atoms with van der Waals surface area (Å²) in [6, 6.07) is 6.49. The summed E-state index contributed by atoms with van der Waals surface area (Å²) in [6.07, 6.45) is 0.883. The van der Waals surface area contributed by atoms with E-state index in [1.54, 1.807) is 18.2 Å². The summed E-state index contributed by atoms with van der Waals surface area (Å²) in [4.78, 5) is 15.8. The molecule has 1 aromatic heterocycles. The average molecular weight is 308 g/mol. The Hall–Kier alpha value is -1.89. The first kappa shape index (κ1) is 15.5. The number of carbonyl (C=O) groups excluding carboxylic acids is 1. The minimum atomic E-state index is -0.361. The molecule has 5 nitrogen and oxygen atoms in total. The first-order valence-electron chi connectivity index (χ1n) is 6.69. The molecule has 0 radical (unpaired) electrons. The standard InChI is InChI=1S/C14H17FN4OS/c1-3-9(2)16-12(20)8-21-14-17-13(18-19-14)10-6-4-5-7-11(10)15/h4-7,9H,3,8H2,1-2H3,(H,16,20)(H,17,18,19)/t9-/m1/s1. The summed E-state index contributed by atoms with van der Waals surface area (Å²) >= 11 is 1.21. The van der Waals surface area contributed by atoms with Gasteiger partial charge in [0.25, 0.3) is 0 Å². The molecule has 0 aliphatic carbocycles. The largest absolute Gasteiger partial charge is 0.353 e. The second-order valence-corrected chi connectivity index (χ2v) is 5.55. The second-order valence-electron chi connectivity index (χ2n) is 4.61. The molecule has 2 aromatic rings. The molecule has 0 bridgehead atoms. The minimum Gasteiger partial charge on any atom is -0.353 e. The number of nitrogens with one attached hydrogen (secondary N) is 2. The van der Waals surface area contributed by atoms with Gasteiger partial charge in [0.2, 0.25) is 11.1 Å². The summed E-state index contributed by atoms with van der Waals surface area (Å²) in [5.41, 5.74) is 0.362. The van der Waals surface area contributed by atoms with Crippen LogP contribution < -0.4 is 5.32 Å². The normalized spacial score (nSPS) is 12.1. The van der Waals surface area contributed by atoms with Gasteiger partial charge in [0.05, 0.1) is 11.3 Å². The van der Waals surface area contributed by atoms with E-state index < -0.39 is 0 Å². The smallest absolute Gasteiger partial charge is 0.230 e. The maximum absolute atomic E-state index is 13.6. The Bertz CT molecular complexity index is 617. The van der Waals surface area contributed by atoms with Crippen LogP contribution in [0.5, 0.6) is 0 Å². The van der Waals surface area contributed by atoms with E-state index >= 15 is 0 Å². The van der Waals surface area contributed by atoms with Gasteiger partial charge in [0.1, 0.15) is 5.82 Å². The van der Waals surface area contributed by atoms with Gasteiger partial charge < -0.3 is 5.32 Å². The van der Waals surface area contributed by atoms with E-state index in [4.69, 9.17) is 0 Å². The Kier molecular flexibility index (Phi) is 5.32. The molecule has 21 heavy (non-hydrogen) atoms. The highest BCUT2D eigenvalue weighted by Gasteiger charge is 2.12. The third-order valence-corrected chi connectivity index (χ3v) is 3.79. The van der Waals surface area contributed by atoms with E-state index in [0.29, 0.717) is 16.5 Å². The fourth-order valence-corrected chi connectivity index (χ4v) is 2.24. The van der Waals surface area contributed by atoms with Crippen molar-refractivity contribution in [1.29, 1.82) is 0 Å². The molecular formula is C14H17FN4OS. The molecule has 0 saturated heterocycles. The molecule has 2 N–H and O–H groups in total. The molecule has 112 valence electrons. The number of nitrogens with zero attached hydrogens (tertiary/aromatic N) is 2. The van der Waals surface area contributed by atoms with Crippen LogP contribution in [-0.4, -0.2) is 32.9 Å². The minimum absolute atomic E-state index is 0.0633. The third-order valence-electron chi connectivity index (χ3n) is 2.95. The van der Waals surface area contributed by atoms with Crippen LogP contribution in [0, 0.1) is 5.82 Å². The van der Waals surface area contributed by atoms with E-state index in [1.165, 1.54) is 17.8 Å². The monoisotopic (exact) mass is 308 g/mol. The zero-order chi connectivity index (χ0) is 15.2. The van der Waals surface area contributed by atoms with Crippen molar-refractivity contribution in [3.8, 4) is 11.4 Å². The first-order chi connectivity index (χ1) is 10.1. The Labute approximate surface area is 126 Å². The van der Waals surface area contributed by atoms with Crippen LogP contribution in [0.2, 0.25) is 0 Å². The van der Waals surface area contributed by atoms with E-state index in [9.17, 15) is 9.18 Å². The molecule has 0 fully saturated rings. The summed E-state index contributed by atoms with van der Waals surface area (Å²) < 4.78 is 13.6. The Morgan fingerprint density at radius 1 is 1.48 bits per heavy atom. The summed E-state index contributed by atoms with van der Waals surface area (Å²) in [7, 11) is 0. The van der Waals surface area contributed by atoms with Crippen LogP contribution in [0.25, 0.3) is 11.4 Å². The van der Waals surface area contributed by atoms with Gasteiger partial charge in [-0.25, -0.2) is 9.37 Å². The Morgan fingerprint density at radius 2 is 2.24 bits per heavy atom. The number of benzene rings is 1. The zero-order valence-corrected chi connectivity index (χ0v) is 12.7. The van der Waals surface area contributed by atoms with Crippen molar-refractivity contribution in [2.75, 3.05) is 5.75 Å². The van der Waals surface area contributed by atoms with Gasteiger partial charge >= 0.3 is 0 Å². The molecule has 1 heterocycles. The van der Waals surface area contributed by atoms with Crippen molar-refractivity contribution in [1.82, 2.24) is 20.5 Å². The topological polar surface area (TPSA) is 70.7 Å². The number of halogens is 1. The van der Waals surface area contributed by atoms with E-state index in [0.717, 1.165) is 6.42 Å². The van der Waals surface area contributed by atoms with E-state index in [2.05, 4.69) is 20.5 Å². The van der Waals surface area contributed by atoms with E-state index in [-0.39, 0.29) is 23.5 Å². The number of aromatic nitrogens is 3. The van der Waals surface area contributed by atoms with Crippen LogP contribution in [0.15, 0.2) is 29.4 Å². The summed E-state index contributed by atoms with van der Waals surface area (Å²) in [5, 5.41) is 9.96. The van der Waals surface area contributed by atoms with Crippen LogP contribution >= 0.6 is 11.8 Å². The van der Waals surface area contributed by atoms with Crippen molar-refractivity contribution in [3.63, 3.8) is 0 Å². The van der Waals surface area contributed by atoms with Gasteiger partial charge in [0, 0.05) is 6.04 Å². The van der Waals surface area contributed by atoms with Gasteiger partial charge in [-0.15, -0.1) is 5.10 Å². The lowest BCUT2D eigenvalue weighted by molar-refractivity contribution is -0.119. The van der Waals surface area contributed by atoms with Gasteiger partial charge in [-0.1, -0.05) is 30.8 Å². The van der Waals surface area contributed by atoms with Crippen molar-refractivity contribution >= 4 is 17.7 Å². The van der Waals surface area contributed by atoms with Crippen LogP contribution in [-0.2, 0) is 4.79 Å². The molecule has 2 rings (SSSR count). The maximum Gasteiger partial charge on any atom is 0.230 e. The van der Waals surface area contributed by atoms with Gasteiger partial charge in [-0.05, 0) is 25.5 Å². The highest BCUT2D eigenvalue weighted by Crippen LogP contribution is 2.21. The van der Waals surface area contributed by atoms with Crippen molar-refractivity contribution in [3.05, 3.63) is 30.1 Å². The number of carbonyl (C=O) groups is 1. The Morgan fingerprint density at radius 3 is 2.95 bits per heavy atom. The number of aromatic amines is 1. The fourth-order valence-electron chi connectivity index (χ4n) is 1.63. The fraction of sp³-hybridized carbons (Fsp3) is 0.357. The lowest BCUT2D eigenvalue weighted by atomic mass is 10.2. The quantitative estimate of drug-likeness (QED) is 0.805. The number of thioether (sulfide) groups is 1. The lowest BCUT2D eigenvalue weighted by Gasteiger charge is -2.09. The van der Waals surface area contributed by atoms with Crippen LogP contribution in [0.3, 0.4) is 0 Å². The third kappa shape index (κ3) is 4.29. The summed E-state index contributed by atoms with van der Waals surface area (Å²) in [6.45, 7) is 3.96.